The zero-order chi connectivity index (χ0) is 12.7. The van der Waals surface area contributed by atoms with Crippen molar-refractivity contribution in [2.45, 2.75) is 13.8 Å². The van der Waals surface area contributed by atoms with Gasteiger partial charge in [-0.1, -0.05) is 30.3 Å². The molecule has 0 spiro atoms. The first-order chi connectivity index (χ1) is 8.72. The van der Waals surface area contributed by atoms with Gasteiger partial charge in [-0.05, 0) is 19.4 Å². The number of hydrogen-bond donors (Lipinski definition) is 0. The van der Waals surface area contributed by atoms with Crippen molar-refractivity contribution in [2.75, 3.05) is 0 Å². The highest BCUT2D eigenvalue weighted by molar-refractivity contribution is 7.17. The molecule has 0 radical (unpaired) electrons. The third kappa shape index (κ3) is 1.49. The van der Waals surface area contributed by atoms with E-state index < -0.39 is 0 Å². The van der Waals surface area contributed by atoms with Gasteiger partial charge in [0, 0.05) is 4.88 Å². The molecule has 3 rings (SSSR count). The van der Waals surface area contributed by atoms with Gasteiger partial charge < -0.3 is 0 Å². The van der Waals surface area contributed by atoms with Crippen LogP contribution >= 0.6 is 11.3 Å². The molecule has 0 unspecified atom stereocenters. The minimum absolute atomic E-state index is 0.646. The second-order valence-electron chi connectivity index (χ2n) is 4.19. The van der Waals surface area contributed by atoms with Crippen LogP contribution in [-0.4, -0.2) is 15.7 Å². The van der Waals surface area contributed by atoms with Crippen LogP contribution in [0.2, 0.25) is 0 Å². The van der Waals surface area contributed by atoms with Crippen LogP contribution in [0.25, 0.3) is 16.2 Å². The molecule has 3 aromatic rings. The number of aldehydes is 1. The normalized spacial score (nSPS) is 11.0. The fourth-order valence-corrected chi connectivity index (χ4v) is 3.25. The van der Waals surface area contributed by atoms with Crippen LogP contribution in [0.5, 0.6) is 0 Å². The van der Waals surface area contributed by atoms with E-state index in [4.69, 9.17) is 0 Å². The standard InChI is InChI=1S/C14H12N2OS/c1-9-12(8-17)16-13(10(2)18-14(16)15-9)11-6-4-3-5-7-11/h3-8H,1-2H3. The van der Waals surface area contributed by atoms with Gasteiger partial charge >= 0.3 is 0 Å². The highest BCUT2D eigenvalue weighted by Gasteiger charge is 2.17. The summed E-state index contributed by atoms with van der Waals surface area (Å²) >= 11 is 1.62. The van der Waals surface area contributed by atoms with Crippen molar-refractivity contribution < 1.29 is 4.79 Å². The van der Waals surface area contributed by atoms with E-state index in [2.05, 4.69) is 24.0 Å². The number of rotatable bonds is 2. The Morgan fingerprint density at radius 2 is 1.94 bits per heavy atom. The quantitative estimate of drug-likeness (QED) is 0.658. The maximum absolute atomic E-state index is 11.2. The van der Waals surface area contributed by atoms with Gasteiger partial charge in [-0.3, -0.25) is 9.20 Å². The summed E-state index contributed by atoms with van der Waals surface area (Å²) in [6, 6.07) is 10.1. The summed E-state index contributed by atoms with van der Waals surface area (Å²) in [5.74, 6) is 0. The van der Waals surface area contributed by atoms with E-state index in [0.717, 1.165) is 28.2 Å². The summed E-state index contributed by atoms with van der Waals surface area (Å²) < 4.78 is 1.96. The molecular formula is C14H12N2OS. The van der Waals surface area contributed by atoms with Crippen molar-refractivity contribution in [2.24, 2.45) is 0 Å². The van der Waals surface area contributed by atoms with Gasteiger partial charge in [0.15, 0.2) is 11.2 Å². The van der Waals surface area contributed by atoms with Crippen LogP contribution in [0.1, 0.15) is 21.1 Å². The number of thiazole rings is 1. The van der Waals surface area contributed by atoms with Gasteiger partial charge in [0.1, 0.15) is 5.69 Å². The van der Waals surface area contributed by atoms with Crippen LogP contribution < -0.4 is 0 Å². The minimum Gasteiger partial charge on any atom is -0.296 e. The van der Waals surface area contributed by atoms with Crippen molar-refractivity contribution in [1.29, 1.82) is 0 Å². The largest absolute Gasteiger partial charge is 0.296 e. The number of carbonyl (C=O) groups is 1. The Bertz CT molecular complexity index is 725. The Kier molecular flexibility index (Phi) is 2.52. The third-order valence-corrected chi connectivity index (χ3v) is 3.98. The number of benzene rings is 1. The Hall–Kier alpha value is -1.94. The molecule has 0 saturated heterocycles. The average Bonchev–Trinajstić information content (AvgIpc) is 2.83. The van der Waals surface area contributed by atoms with E-state index in [1.54, 1.807) is 11.3 Å². The van der Waals surface area contributed by atoms with Crippen molar-refractivity contribution in [3.05, 3.63) is 46.6 Å². The van der Waals surface area contributed by atoms with E-state index in [1.807, 2.05) is 29.5 Å². The molecule has 0 saturated carbocycles. The van der Waals surface area contributed by atoms with Crippen molar-refractivity contribution in [1.82, 2.24) is 9.38 Å². The molecule has 0 aliphatic carbocycles. The van der Waals surface area contributed by atoms with E-state index in [0.29, 0.717) is 5.69 Å². The fourth-order valence-electron chi connectivity index (χ4n) is 2.21. The lowest BCUT2D eigenvalue weighted by Gasteiger charge is -2.03. The first-order valence-corrected chi connectivity index (χ1v) is 6.53. The molecule has 2 aromatic heterocycles. The van der Waals surface area contributed by atoms with Gasteiger partial charge in [0.2, 0.25) is 0 Å². The SMILES string of the molecule is Cc1nc2sc(C)c(-c3ccccc3)n2c1C=O. The van der Waals surface area contributed by atoms with E-state index in [9.17, 15) is 4.79 Å². The van der Waals surface area contributed by atoms with Crippen LogP contribution in [0.3, 0.4) is 0 Å². The third-order valence-electron chi connectivity index (χ3n) is 3.03. The molecule has 2 heterocycles. The van der Waals surface area contributed by atoms with Crippen LogP contribution in [0.4, 0.5) is 0 Å². The Morgan fingerprint density at radius 3 is 2.61 bits per heavy atom. The van der Waals surface area contributed by atoms with Gasteiger partial charge in [0.25, 0.3) is 0 Å². The Morgan fingerprint density at radius 1 is 1.22 bits per heavy atom. The molecule has 0 atom stereocenters. The summed E-state index contributed by atoms with van der Waals surface area (Å²) in [6.45, 7) is 3.93. The Labute approximate surface area is 109 Å². The lowest BCUT2D eigenvalue weighted by Crippen LogP contribution is -1.94. The highest BCUT2D eigenvalue weighted by Crippen LogP contribution is 2.32. The first-order valence-electron chi connectivity index (χ1n) is 5.71. The summed E-state index contributed by atoms with van der Waals surface area (Å²) in [6.07, 6.45) is 0.883. The van der Waals surface area contributed by atoms with E-state index >= 15 is 0 Å². The van der Waals surface area contributed by atoms with Crippen molar-refractivity contribution in [3.63, 3.8) is 0 Å². The molecule has 0 aliphatic rings. The van der Waals surface area contributed by atoms with Gasteiger partial charge in [-0.2, -0.15) is 0 Å². The topological polar surface area (TPSA) is 34.4 Å². The molecule has 4 heteroatoms. The highest BCUT2D eigenvalue weighted by atomic mass is 32.1. The van der Waals surface area contributed by atoms with Crippen LogP contribution in [0, 0.1) is 13.8 Å². The van der Waals surface area contributed by atoms with Gasteiger partial charge in [0.05, 0.1) is 11.4 Å². The zero-order valence-electron chi connectivity index (χ0n) is 10.2. The molecule has 0 aliphatic heterocycles. The summed E-state index contributed by atoms with van der Waals surface area (Å²) in [5, 5.41) is 0. The van der Waals surface area contributed by atoms with Crippen LogP contribution in [-0.2, 0) is 0 Å². The molecule has 18 heavy (non-hydrogen) atoms. The second kappa shape index (κ2) is 4.07. The predicted octanol–water partition coefficient (Wildman–Crippen LogP) is 3.49. The molecule has 0 amide bonds. The van der Waals surface area contributed by atoms with Gasteiger partial charge in [-0.15, -0.1) is 11.3 Å². The fraction of sp³-hybridized carbons (Fsp3) is 0.143. The monoisotopic (exact) mass is 256 g/mol. The molecule has 3 nitrogen and oxygen atoms in total. The lowest BCUT2D eigenvalue weighted by molar-refractivity contribution is 0.111. The van der Waals surface area contributed by atoms with E-state index in [1.165, 1.54) is 4.88 Å². The molecule has 90 valence electrons. The number of hydrogen-bond acceptors (Lipinski definition) is 3. The Balaban J connectivity index is 2.41. The number of carbonyl (C=O) groups excluding carboxylic acids is 1. The number of aryl methyl sites for hydroxylation is 2. The zero-order valence-corrected chi connectivity index (χ0v) is 11.0. The predicted molar refractivity (Wildman–Crippen MR) is 73.4 cm³/mol. The molecule has 0 fully saturated rings. The van der Waals surface area contributed by atoms with Gasteiger partial charge in [-0.25, -0.2) is 4.98 Å². The number of aromatic nitrogens is 2. The van der Waals surface area contributed by atoms with E-state index in [-0.39, 0.29) is 0 Å². The van der Waals surface area contributed by atoms with Crippen molar-refractivity contribution in [3.8, 4) is 11.3 Å². The van der Waals surface area contributed by atoms with Crippen LogP contribution in [0.15, 0.2) is 30.3 Å². The average molecular weight is 256 g/mol. The maximum Gasteiger partial charge on any atom is 0.195 e. The number of imidazole rings is 1. The number of fused-ring (bicyclic) bond motifs is 1. The number of nitrogens with zero attached hydrogens (tertiary/aromatic N) is 2. The minimum atomic E-state index is 0.646. The smallest absolute Gasteiger partial charge is 0.195 e. The summed E-state index contributed by atoms with van der Waals surface area (Å²) in [7, 11) is 0. The molecule has 1 aromatic carbocycles. The summed E-state index contributed by atoms with van der Waals surface area (Å²) in [4.78, 5) is 17.7. The summed E-state index contributed by atoms with van der Waals surface area (Å²) in [5.41, 5.74) is 3.61. The lowest BCUT2D eigenvalue weighted by atomic mass is 10.1. The maximum atomic E-state index is 11.2. The van der Waals surface area contributed by atoms with Crippen molar-refractivity contribution >= 4 is 22.6 Å². The molecule has 0 bridgehead atoms. The molecule has 0 N–H and O–H groups in total. The second-order valence-corrected chi connectivity index (χ2v) is 5.37. The first kappa shape index (κ1) is 11.2. The molecular weight excluding hydrogens is 244 g/mol.